The molecule has 0 unspecified atom stereocenters. The van der Waals surface area contributed by atoms with Gasteiger partial charge in [-0.05, 0) is 49.8 Å². The van der Waals surface area contributed by atoms with E-state index in [1.807, 2.05) is 24.3 Å². The first-order valence-electron chi connectivity index (χ1n) is 7.19. The number of aliphatic hydroxyl groups excluding tert-OH is 1. The molecule has 0 aromatic heterocycles. The lowest BCUT2D eigenvalue weighted by Gasteiger charge is -2.18. The molecule has 1 aromatic carbocycles. The number of anilines is 1. The highest BCUT2D eigenvalue weighted by Crippen LogP contribution is 2.45. The lowest BCUT2D eigenvalue weighted by Crippen LogP contribution is -2.42. The summed E-state index contributed by atoms with van der Waals surface area (Å²) in [5.41, 5.74) is 7.32. The third-order valence-electron chi connectivity index (χ3n) is 3.69. The number of aliphatic hydroxyl groups is 1. The van der Waals surface area contributed by atoms with Crippen molar-refractivity contribution in [2.45, 2.75) is 37.6 Å². The number of rotatable bonds is 7. The van der Waals surface area contributed by atoms with Gasteiger partial charge in [0.2, 0.25) is 0 Å². The average Bonchev–Trinajstić information content (AvgIpc) is 3.20. The third-order valence-corrected chi connectivity index (χ3v) is 3.69. The zero-order valence-corrected chi connectivity index (χ0v) is 11.7. The minimum atomic E-state index is -0.205. The maximum atomic E-state index is 11.9. The van der Waals surface area contributed by atoms with Crippen molar-refractivity contribution >= 4 is 11.7 Å². The Bertz CT molecular complexity index is 441. The molecule has 0 radical (unpaired) electrons. The molecule has 1 aliphatic rings. The van der Waals surface area contributed by atoms with E-state index < -0.39 is 0 Å². The first kappa shape index (κ1) is 14.7. The topological polar surface area (TPSA) is 87.4 Å². The van der Waals surface area contributed by atoms with E-state index in [9.17, 15) is 4.79 Å². The summed E-state index contributed by atoms with van der Waals surface area (Å²) in [6, 6.07) is 7.56. The fraction of sp³-hybridized carbons (Fsp3) is 0.533. The molecule has 0 saturated heterocycles. The minimum absolute atomic E-state index is 0.122. The maximum Gasteiger partial charge on any atom is 0.315 e. The third kappa shape index (κ3) is 3.87. The number of hydrogen-bond acceptors (Lipinski definition) is 3. The molecule has 0 atom stereocenters. The molecule has 2 rings (SSSR count). The van der Waals surface area contributed by atoms with Crippen LogP contribution in [-0.4, -0.2) is 24.3 Å². The number of carbonyl (C=O) groups excluding carboxylic acids is 1. The fourth-order valence-corrected chi connectivity index (χ4v) is 2.29. The highest BCUT2D eigenvalue weighted by atomic mass is 16.2. The molecule has 0 aliphatic heterocycles. The van der Waals surface area contributed by atoms with Crippen LogP contribution in [-0.2, 0) is 5.54 Å². The van der Waals surface area contributed by atoms with Crippen LogP contribution in [0.15, 0.2) is 24.3 Å². The molecule has 1 aliphatic carbocycles. The second kappa shape index (κ2) is 6.61. The summed E-state index contributed by atoms with van der Waals surface area (Å²) < 4.78 is 0. The second-order valence-electron chi connectivity index (χ2n) is 5.37. The molecule has 0 bridgehead atoms. The molecule has 1 aromatic rings. The molecular formula is C15H23N3O2. The van der Waals surface area contributed by atoms with Crippen LogP contribution in [0.5, 0.6) is 0 Å². The van der Waals surface area contributed by atoms with E-state index >= 15 is 0 Å². The predicted octanol–water partition coefficient (Wildman–Crippen LogP) is 1.72. The maximum absolute atomic E-state index is 11.9. The van der Waals surface area contributed by atoms with Gasteiger partial charge in [-0.15, -0.1) is 0 Å². The van der Waals surface area contributed by atoms with Gasteiger partial charge in [-0.3, -0.25) is 0 Å². The Morgan fingerprint density at radius 2 is 1.90 bits per heavy atom. The van der Waals surface area contributed by atoms with Gasteiger partial charge < -0.3 is 21.5 Å². The van der Waals surface area contributed by atoms with Gasteiger partial charge in [0.05, 0.1) is 5.54 Å². The number of benzene rings is 1. The molecule has 1 saturated carbocycles. The van der Waals surface area contributed by atoms with Crippen LogP contribution < -0.4 is 16.4 Å². The molecule has 20 heavy (non-hydrogen) atoms. The summed E-state index contributed by atoms with van der Waals surface area (Å²) >= 11 is 0. The van der Waals surface area contributed by atoms with Gasteiger partial charge in [-0.1, -0.05) is 12.1 Å². The molecule has 5 heteroatoms. The van der Waals surface area contributed by atoms with Crippen LogP contribution in [0, 0.1) is 0 Å². The standard InChI is InChI=1S/C15H23N3O2/c16-13-6-4-12(5-7-13)15(8-9-15)18-14(20)17-10-2-1-3-11-19/h4-7,19H,1-3,8-11,16H2,(H2,17,18,20). The van der Waals surface area contributed by atoms with Crippen molar-refractivity contribution in [3.05, 3.63) is 29.8 Å². The van der Waals surface area contributed by atoms with Crippen LogP contribution in [0.1, 0.15) is 37.7 Å². The normalized spacial score (nSPS) is 15.7. The van der Waals surface area contributed by atoms with Crippen molar-refractivity contribution < 1.29 is 9.90 Å². The van der Waals surface area contributed by atoms with Gasteiger partial charge in [0.1, 0.15) is 0 Å². The van der Waals surface area contributed by atoms with Gasteiger partial charge in [-0.25, -0.2) is 4.79 Å². The second-order valence-corrected chi connectivity index (χ2v) is 5.37. The summed E-state index contributed by atoms with van der Waals surface area (Å²) in [5, 5.41) is 14.6. The Labute approximate surface area is 119 Å². The Balaban J connectivity index is 1.77. The van der Waals surface area contributed by atoms with Crippen molar-refractivity contribution in [1.82, 2.24) is 10.6 Å². The summed E-state index contributed by atoms with van der Waals surface area (Å²) in [5.74, 6) is 0. The molecule has 110 valence electrons. The Morgan fingerprint density at radius 1 is 1.20 bits per heavy atom. The van der Waals surface area contributed by atoms with Crippen LogP contribution in [0.3, 0.4) is 0 Å². The first-order chi connectivity index (χ1) is 9.66. The van der Waals surface area contributed by atoms with Crippen molar-refractivity contribution in [3.63, 3.8) is 0 Å². The van der Waals surface area contributed by atoms with Gasteiger partial charge in [0.25, 0.3) is 0 Å². The largest absolute Gasteiger partial charge is 0.399 e. The Morgan fingerprint density at radius 3 is 2.50 bits per heavy atom. The number of urea groups is 1. The van der Waals surface area contributed by atoms with Gasteiger partial charge in [0, 0.05) is 18.8 Å². The van der Waals surface area contributed by atoms with E-state index in [0.29, 0.717) is 6.54 Å². The zero-order chi connectivity index (χ0) is 14.4. The average molecular weight is 277 g/mol. The summed E-state index contributed by atoms with van der Waals surface area (Å²) in [7, 11) is 0. The van der Waals surface area contributed by atoms with Crippen molar-refractivity contribution in [1.29, 1.82) is 0 Å². The summed E-state index contributed by atoms with van der Waals surface area (Å²) in [4.78, 5) is 11.9. The van der Waals surface area contributed by atoms with Crippen LogP contribution >= 0.6 is 0 Å². The summed E-state index contributed by atoms with van der Waals surface area (Å²) in [6.45, 7) is 0.857. The molecular weight excluding hydrogens is 254 g/mol. The van der Waals surface area contributed by atoms with E-state index in [-0.39, 0.29) is 18.2 Å². The highest BCUT2D eigenvalue weighted by Gasteiger charge is 2.45. The number of amides is 2. The van der Waals surface area contributed by atoms with Crippen molar-refractivity contribution in [3.8, 4) is 0 Å². The number of nitrogens with two attached hydrogens (primary N) is 1. The van der Waals surface area contributed by atoms with Crippen LogP contribution in [0.25, 0.3) is 0 Å². The lowest BCUT2D eigenvalue weighted by molar-refractivity contribution is 0.235. The zero-order valence-electron chi connectivity index (χ0n) is 11.7. The molecule has 0 spiro atoms. The minimum Gasteiger partial charge on any atom is -0.399 e. The molecule has 2 amide bonds. The molecule has 1 fully saturated rings. The highest BCUT2D eigenvalue weighted by molar-refractivity contribution is 5.75. The predicted molar refractivity (Wildman–Crippen MR) is 79.2 cm³/mol. The van der Waals surface area contributed by atoms with Crippen molar-refractivity contribution in [2.75, 3.05) is 18.9 Å². The molecule has 0 heterocycles. The van der Waals surface area contributed by atoms with Crippen LogP contribution in [0.4, 0.5) is 10.5 Å². The van der Waals surface area contributed by atoms with E-state index in [0.717, 1.165) is 43.4 Å². The molecule has 5 nitrogen and oxygen atoms in total. The Hall–Kier alpha value is -1.75. The van der Waals surface area contributed by atoms with E-state index in [1.165, 1.54) is 0 Å². The lowest BCUT2D eigenvalue weighted by atomic mass is 10.0. The van der Waals surface area contributed by atoms with E-state index in [4.69, 9.17) is 10.8 Å². The SMILES string of the molecule is Nc1ccc(C2(NC(=O)NCCCCCO)CC2)cc1. The first-order valence-corrected chi connectivity index (χ1v) is 7.19. The number of nitrogens with one attached hydrogen (secondary N) is 2. The quantitative estimate of drug-likeness (QED) is 0.452. The van der Waals surface area contributed by atoms with Crippen LogP contribution in [0.2, 0.25) is 0 Å². The van der Waals surface area contributed by atoms with Gasteiger partial charge in [-0.2, -0.15) is 0 Å². The summed E-state index contributed by atoms with van der Waals surface area (Å²) in [6.07, 6.45) is 4.55. The number of carbonyl (C=O) groups is 1. The Kier molecular flexibility index (Phi) is 4.84. The van der Waals surface area contributed by atoms with E-state index in [2.05, 4.69) is 10.6 Å². The number of unbranched alkanes of at least 4 members (excludes halogenated alkanes) is 2. The van der Waals surface area contributed by atoms with E-state index in [1.54, 1.807) is 0 Å². The van der Waals surface area contributed by atoms with Gasteiger partial charge >= 0.3 is 6.03 Å². The molecule has 5 N–H and O–H groups in total. The number of nitrogen functional groups attached to an aromatic ring is 1. The fourth-order valence-electron chi connectivity index (χ4n) is 2.29. The monoisotopic (exact) mass is 277 g/mol. The van der Waals surface area contributed by atoms with Gasteiger partial charge in [0.15, 0.2) is 0 Å². The van der Waals surface area contributed by atoms with Crippen molar-refractivity contribution in [2.24, 2.45) is 0 Å². The number of hydrogen-bond donors (Lipinski definition) is 4. The smallest absolute Gasteiger partial charge is 0.315 e.